The van der Waals surface area contributed by atoms with Gasteiger partial charge in [0, 0.05) is 5.69 Å². The zero-order valence-corrected chi connectivity index (χ0v) is 13.4. The van der Waals surface area contributed by atoms with Crippen LogP contribution in [0.1, 0.15) is 27.0 Å². The fraction of sp³-hybridized carbons (Fsp3) is 0.188. The molecule has 0 aliphatic heterocycles. The van der Waals surface area contributed by atoms with Crippen LogP contribution in [0.5, 0.6) is 0 Å². The minimum atomic E-state index is -3.77. The first kappa shape index (κ1) is 16.0. The SMILES string of the molecule is Cc1cc(C)c(S(=O)(=O)Nc2cccc(C(=O)O)c2)cc1C. The highest BCUT2D eigenvalue weighted by Gasteiger charge is 2.18. The summed E-state index contributed by atoms with van der Waals surface area (Å²) in [6, 6.07) is 9.14. The Kier molecular flexibility index (Phi) is 4.23. The standard InChI is InChI=1S/C16H17NO4S/c1-10-7-12(3)15(8-11(10)2)22(20,21)17-14-6-4-5-13(9-14)16(18)19/h4-9,17H,1-3H3,(H,18,19). The number of benzene rings is 2. The minimum Gasteiger partial charge on any atom is -0.478 e. The third-order valence-electron chi connectivity index (χ3n) is 3.44. The van der Waals surface area contributed by atoms with Gasteiger partial charge in [0.05, 0.1) is 10.5 Å². The van der Waals surface area contributed by atoms with Gasteiger partial charge in [0.25, 0.3) is 10.0 Å². The van der Waals surface area contributed by atoms with Crippen LogP contribution in [0.25, 0.3) is 0 Å². The second-order valence-electron chi connectivity index (χ2n) is 5.19. The zero-order chi connectivity index (χ0) is 16.5. The molecule has 2 rings (SSSR count). The van der Waals surface area contributed by atoms with E-state index < -0.39 is 16.0 Å². The molecule has 0 aliphatic rings. The maximum atomic E-state index is 12.5. The van der Waals surface area contributed by atoms with E-state index in [9.17, 15) is 13.2 Å². The highest BCUT2D eigenvalue weighted by atomic mass is 32.2. The summed E-state index contributed by atoms with van der Waals surface area (Å²) in [7, 11) is -3.77. The summed E-state index contributed by atoms with van der Waals surface area (Å²) in [4.78, 5) is 11.1. The van der Waals surface area contributed by atoms with Gasteiger partial charge in [-0.25, -0.2) is 13.2 Å². The molecule has 2 N–H and O–H groups in total. The maximum Gasteiger partial charge on any atom is 0.335 e. The lowest BCUT2D eigenvalue weighted by molar-refractivity contribution is 0.0697. The van der Waals surface area contributed by atoms with Crippen molar-refractivity contribution in [1.82, 2.24) is 0 Å². The summed E-state index contributed by atoms with van der Waals surface area (Å²) in [6.07, 6.45) is 0. The summed E-state index contributed by atoms with van der Waals surface area (Å²) in [5.41, 5.74) is 2.79. The molecular weight excluding hydrogens is 302 g/mol. The fourth-order valence-corrected chi connectivity index (χ4v) is 3.51. The van der Waals surface area contributed by atoms with Crippen molar-refractivity contribution in [3.05, 3.63) is 58.7 Å². The number of anilines is 1. The quantitative estimate of drug-likeness (QED) is 0.907. The molecule has 22 heavy (non-hydrogen) atoms. The van der Waals surface area contributed by atoms with Crippen molar-refractivity contribution >= 4 is 21.7 Å². The van der Waals surface area contributed by atoms with Gasteiger partial charge < -0.3 is 5.11 Å². The number of aryl methyl sites for hydroxylation is 3. The number of hydrogen-bond acceptors (Lipinski definition) is 3. The van der Waals surface area contributed by atoms with Gasteiger partial charge in [-0.15, -0.1) is 0 Å². The molecule has 0 saturated heterocycles. The van der Waals surface area contributed by atoms with Crippen molar-refractivity contribution in [2.45, 2.75) is 25.7 Å². The number of sulfonamides is 1. The molecular formula is C16H17NO4S. The molecule has 2 aromatic carbocycles. The van der Waals surface area contributed by atoms with Crippen molar-refractivity contribution in [3.8, 4) is 0 Å². The Morgan fingerprint density at radius 3 is 2.27 bits per heavy atom. The molecule has 0 atom stereocenters. The van der Waals surface area contributed by atoms with Crippen LogP contribution in [0.2, 0.25) is 0 Å². The van der Waals surface area contributed by atoms with Crippen LogP contribution < -0.4 is 4.72 Å². The smallest absolute Gasteiger partial charge is 0.335 e. The molecule has 2 aromatic rings. The summed E-state index contributed by atoms with van der Waals surface area (Å²) in [5.74, 6) is -1.11. The Morgan fingerprint density at radius 2 is 1.64 bits per heavy atom. The normalized spacial score (nSPS) is 11.2. The molecule has 0 aliphatic carbocycles. The van der Waals surface area contributed by atoms with Gasteiger partial charge in [0.2, 0.25) is 0 Å². The largest absolute Gasteiger partial charge is 0.478 e. The number of nitrogens with one attached hydrogen (secondary N) is 1. The monoisotopic (exact) mass is 319 g/mol. The summed E-state index contributed by atoms with van der Waals surface area (Å²) >= 11 is 0. The van der Waals surface area contributed by atoms with E-state index in [0.717, 1.165) is 11.1 Å². The van der Waals surface area contributed by atoms with Crippen molar-refractivity contribution < 1.29 is 18.3 Å². The predicted octanol–water partition coefficient (Wildman–Crippen LogP) is 3.11. The molecule has 6 heteroatoms. The third-order valence-corrected chi connectivity index (χ3v) is 4.97. The molecule has 0 amide bonds. The highest BCUT2D eigenvalue weighted by molar-refractivity contribution is 7.92. The Morgan fingerprint density at radius 1 is 1.00 bits per heavy atom. The number of rotatable bonds is 4. The molecule has 0 bridgehead atoms. The van der Waals surface area contributed by atoms with Gasteiger partial charge in [-0.05, 0) is 61.7 Å². The molecule has 0 spiro atoms. The average Bonchev–Trinajstić information content (AvgIpc) is 2.42. The Labute approximate surface area is 129 Å². The zero-order valence-electron chi connectivity index (χ0n) is 12.5. The van der Waals surface area contributed by atoms with E-state index in [4.69, 9.17) is 5.11 Å². The topological polar surface area (TPSA) is 83.5 Å². The lowest BCUT2D eigenvalue weighted by Crippen LogP contribution is -2.15. The third kappa shape index (κ3) is 3.28. The number of carboxylic acid groups (broad SMARTS) is 1. The van der Waals surface area contributed by atoms with Crippen molar-refractivity contribution in [2.24, 2.45) is 0 Å². The van der Waals surface area contributed by atoms with Crippen LogP contribution in [-0.4, -0.2) is 19.5 Å². The first-order valence-corrected chi connectivity index (χ1v) is 8.13. The minimum absolute atomic E-state index is 0.0250. The highest BCUT2D eigenvalue weighted by Crippen LogP contribution is 2.23. The van der Waals surface area contributed by atoms with E-state index in [1.807, 2.05) is 19.9 Å². The fourth-order valence-electron chi connectivity index (χ4n) is 2.15. The van der Waals surface area contributed by atoms with E-state index in [0.29, 0.717) is 5.56 Å². The predicted molar refractivity (Wildman–Crippen MR) is 84.9 cm³/mol. The average molecular weight is 319 g/mol. The molecule has 0 unspecified atom stereocenters. The van der Waals surface area contributed by atoms with Crippen LogP contribution in [0.3, 0.4) is 0 Å². The molecule has 5 nitrogen and oxygen atoms in total. The van der Waals surface area contributed by atoms with Gasteiger partial charge in [-0.2, -0.15) is 0 Å². The summed E-state index contributed by atoms with van der Waals surface area (Å²) in [5, 5.41) is 8.96. The van der Waals surface area contributed by atoms with Gasteiger partial charge in [-0.3, -0.25) is 4.72 Å². The van der Waals surface area contributed by atoms with Crippen LogP contribution in [0, 0.1) is 20.8 Å². The van der Waals surface area contributed by atoms with Gasteiger partial charge in [0.15, 0.2) is 0 Å². The second kappa shape index (κ2) is 5.81. The number of hydrogen-bond donors (Lipinski definition) is 2. The second-order valence-corrected chi connectivity index (χ2v) is 6.84. The van der Waals surface area contributed by atoms with Crippen LogP contribution in [0.4, 0.5) is 5.69 Å². The van der Waals surface area contributed by atoms with E-state index in [-0.39, 0.29) is 16.1 Å². The molecule has 0 aromatic heterocycles. The van der Waals surface area contributed by atoms with Crippen molar-refractivity contribution in [1.29, 1.82) is 0 Å². The van der Waals surface area contributed by atoms with Gasteiger partial charge >= 0.3 is 5.97 Å². The molecule has 0 fully saturated rings. The van der Waals surface area contributed by atoms with E-state index >= 15 is 0 Å². The molecule has 116 valence electrons. The van der Waals surface area contributed by atoms with E-state index in [2.05, 4.69) is 4.72 Å². The van der Waals surface area contributed by atoms with Crippen LogP contribution in [0.15, 0.2) is 41.3 Å². The van der Waals surface area contributed by atoms with Crippen LogP contribution in [-0.2, 0) is 10.0 Å². The first-order chi connectivity index (χ1) is 10.2. The van der Waals surface area contributed by atoms with Crippen LogP contribution >= 0.6 is 0 Å². The van der Waals surface area contributed by atoms with E-state index in [1.54, 1.807) is 13.0 Å². The number of carbonyl (C=O) groups is 1. The van der Waals surface area contributed by atoms with Crippen molar-refractivity contribution in [3.63, 3.8) is 0 Å². The Balaban J connectivity index is 2.42. The number of aromatic carboxylic acids is 1. The summed E-state index contributed by atoms with van der Waals surface area (Å²) < 4.78 is 27.4. The van der Waals surface area contributed by atoms with Crippen molar-refractivity contribution in [2.75, 3.05) is 4.72 Å². The first-order valence-electron chi connectivity index (χ1n) is 6.65. The maximum absolute atomic E-state index is 12.5. The molecule has 0 saturated carbocycles. The Hall–Kier alpha value is -2.34. The number of carboxylic acids is 1. The lowest BCUT2D eigenvalue weighted by Gasteiger charge is -2.13. The van der Waals surface area contributed by atoms with E-state index in [1.165, 1.54) is 24.3 Å². The molecule has 0 heterocycles. The Bertz CT molecular complexity index is 841. The van der Waals surface area contributed by atoms with Gasteiger partial charge in [0.1, 0.15) is 0 Å². The summed E-state index contributed by atoms with van der Waals surface area (Å²) in [6.45, 7) is 5.50. The molecule has 0 radical (unpaired) electrons. The lowest BCUT2D eigenvalue weighted by atomic mass is 10.1. The van der Waals surface area contributed by atoms with Gasteiger partial charge in [-0.1, -0.05) is 12.1 Å².